The summed E-state index contributed by atoms with van der Waals surface area (Å²) in [7, 11) is 0. The Kier molecular flexibility index (Phi) is 5.25. The Morgan fingerprint density at radius 1 is 1.11 bits per heavy atom. The Bertz CT molecular complexity index is 946. The molecule has 0 aliphatic carbocycles. The third-order valence-electron chi connectivity index (χ3n) is 4.03. The van der Waals surface area contributed by atoms with E-state index in [0.717, 1.165) is 11.1 Å². The van der Waals surface area contributed by atoms with Gasteiger partial charge in [-0.25, -0.2) is 0 Å². The van der Waals surface area contributed by atoms with Gasteiger partial charge in [0.15, 0.2) is 17.6 Å². The molecular formula is C19H19N3O5. The molecule has 27 heavy (non-hydrogen) atoms. The number of nitrogens with one attached hydrogen (secondary N) is 2. The third kappa shape index (κ3) is 4.17. The fourth-order valence-electron chi connectivity index (χ4n) is 2.30. The Morgan fingerprint density at radius 2 is 1.93 bits per heavy atom. The minimum Gasteiger partial charge on any atom is -0.481 e. The summed E-state index contributed by atoms with van der Waals surface area (Å²) in [6.07, 6.45) is 0.677. The quantitative estimate of drug-likeness (QED) is 0.670. The highest BCUT2D eigenvalue weighted by atomic mass is 16.5. The molecule has 0 saturated carbocycles. The van der Waals surface area contributed by atoms with Crippen molar-refractivity contribution >= 4 is 11.8 Å². The minimum absolute atomic E-state index is 0.00444. The van der Waals surface area contributed by atoms with Crippen molar-refractivity contribution in [1.82, 2.24) is 16.0 Å². The number of carbonyl (C=O) groups excluding carboxylic acids is 2. The molecule has 140 valence electrons. The van der Waals surface area contributed by atoms with E-state index in [1.54, 1.807) is 25.1 Å². The number of nitrogens with zero attached hydrogens (tertiary/aromatic N) is 1. The maximum atomic E-state index is 12.2. The van der Waals surface area contributed by atoms with Crippen LogP contribution in [0.25, 0.3) is 11.5 Å². The van der Waals surface area contributed by atoms with Crippen LogP contribution in [0.4, 0.5) is 0 Å². The second-order valence-electron chi connectivity index (χ2n) is 5.96. The van der Waals surface area contributed by atoms with Gasteiger partial charge in [0.1, 0.15) is 5.75 Å². The van der Waals surface area contributed by atoms with E-state index in [1.807, 2.05) is 26.0 Å². The number of amides is 2. The molecule has 0 bridgehead atoms. The van der Waals surface area contributed by atoms with Crippen LogP contribution in [0.3, 0.4) is 0 Å². The number of ether oxygens (including phenoxy) is 1. The van der Waals surface area contributed by atoms with Crippen molar-refractivity contribution < 1.29 is 23.3 Å². The number of aryl methyl sites for hydroxylation is 1. The van der Waals surface area contributed by atoms with E-state index in [9.17, 15) is 9.59 Å². The van der Waals surface area contributed by atoms with Crippen molar-refractivity contribution in [2.24, 2.45) is 0 Å². The van der Waals surface area contributed by atoms with Gasteiger partial charge in [0.25, 0.3) is 11.8 Å². The number of rotatable bonds is 5. The second-order valence-corrected chi connectivity index (χ2v) is 5.96. The molecule has 0 saturated heterocycles. The van der Waals surface area contributed by atoms with Crippen molar-refractivity contribution in [1.29, 1.82) is 0 Å². The van der Waals surface area contributed by atoms with Gasteiger partial charge < -0.3 is 13.7 Å². The molecule has 0 spiro atoms. The first-order valence-corrected chi connectivity index (χ1v) is 8.29. The topological polar surface area (TPSA) is 107 Å². The van der Waals surface area contributed by atoms with Crippen LogP contribution in [-0.4, -0.2) is 23.1 Å². The molecule has 3 rings (SSSR count). The summed E-state index contributed by atoms with van der Waals surface area (Å²) in [4.78, 5) is 24.3. The summed E-state index contributed by atoms with van der Waals surface area (Å²) < 4.78 is 15.9. The summed E-state index contributed by atoms with van der Waals surface area (Å²) >= 11 is 0. The molecule has 2 heterocycles. The van der Waals surface area contributed by atoms with Crippen molar-refractivity contribution in [2.45, 2.75) is 26.9 Å². The van der Waals surface area contributed by atoms with Crippen LogP contribution in [0.1, 0.15) is 28.5 Å². The van der Waals surface area contributed by atoms with Gasteiger partial charge in [-0.3, -0.25) is 20.4 Å². The molecule has 1 unspecified atom stereocenters. The summed E-state index contributed by atoms with van der Waals surface area (Å²) in [5, 5.41) is 3.65. The first-order valence-electron chi connectivity index (χ1n) is 8.29. The van der Waals surface area contributed by atoms with E-state index in [0.29, 0.717) is 17.3 Å². The van der Waals surface area contributed by atoms with Crippen molar-refractivity contribution in [3.05, 3.63) is 59.5 Å². The number of hydrogen-bond acceptors (Lipinski definition) is 6. The standard InChI is InChI=1S/C19H19N3O5/c1-11-6-4-7-15(12(11)2)26-13(3)18(23)20-21-19(24)14-10-17(27-22-14)16-8-5-9-25-16/h4-10,13H,1-3H3,(H,20,23)(H,21,24). The smallest absolute Gasteiger partial charge is 0.291 e. The van der Waals surface area contributed by atoms with Crippen molar-refractivity contribution in [3.8, 4) is 17.3 Å². The first kappa shape index (κ1) is 18.2. The molecule has 1 atom stereocenters. The van der Waals surface area contributed by atoms with Crippen molar-refractivity contribution in [2.75, 3.05) is 0 Å². The third-order valence-corrected chi connectivity index (χ3v) is 4.03. The molecule has 0 fully saturated rings. The number of carbonyl (C=O) groups is 2. The Labute approximate surface area is 155 Å². The van der Waals surface area contributed by atoms with E-state index in [-0.39, 0.29) is 5.69 Å². The molecule has 0 aliphatic rings. The highest BCUT2D eigenvalue weighted by Crippen LogP contribution is 2.22. The Morgan fingerprint density at radius 3 is 2.67 bits per heavy atom. The zero-order valence-corrected chi connectivity index (χ0v) is 15.1. The fraction of sp³-hybridized carbons (Fsp3) is 0.211. The van der Waals surface area contributed by atoms with E-state index >= 15 is 0 Å². The number of hydrazine groups is 1. The maximum Gasteiger partial charge on any atom is 0.291 e. The van der Waals surface area contributed by atoms with Crippen LogP contribution in [0.5, 0.6) is 5.75 Å². The molecular weight excluding hydrogens is 350 g/mol. The van der Waals surface area contributed by atoms with Gasteiger partial charge in [-0.15, -0.1) is 0 Å². The largest absolute Gasteiger partial charge is 0.481 e. The number of furan rings is 1. The van der Waals surface area contributed by atoms with Crippen LogP contribution in [-0.2, 0) is 4.79 Å². The molecule has 1 aromatic carbocycles. The molecule has 0 aliphatic heterocycles. The maximum absolute atomic E-state index is 12.2. The minimum atomic E-state index is -0.804. The Balaban J connectivity index is 1.55. The molecule has 0 radical (unpaired) electrons. The average molecular weight is 369 g/mol. The van der Waals surface area contributed by atoms with E-state index in [2.05, 4.69) is 16.0 Å². The molecule has 8 nitrogen and oxygen atoms in total. The lowest BCUT2D eigenvalue weighted by Gasteiger charge is -2.17. The van der Waals surface area contributed by atoms with E-state index in [1.165, 1.54) is 12.3 Å². The van der Waals surface area contributed by atoms with Gasteiger partial charge in [0.05, 0.1) is 6.26 Å². The summed E-state index contributed by atoms with van der Waals surface area (Å²) in [5.41, 5.74) is 6.61. The van der Waals surface area contributed by atoms with Crippen LogP contribution >= 0.6 is 0 Å². The molecule has 3 aromatic rings. The van der Waals surface area contributed by atoms with Crippen LogP contribution in [0, 0.1) is 13.8 Å². The molecule has 8 heteroatoms. The number of benzene rings is 1. The van der Waals surface area contributed by atoms with Gasteiger partial charge in [-0.05, 0) is 50.1 Å². The molecule has 2 aromatic heterocycles. The summed E-state index contributed by atoms with van der Waals surface area (Å²) in [6, 6.07) is 10.4. The normalized spacial score (nSPS) is 11.7. The second kappa shape index (κ2) is 7.77. The van der Waals surface area contributed by atoms with Gasteiger partial charge in [0, 0.05) is 6.07 Å². The zero-order chi connectivity index (χ0) is 19.4. The highest BCUT2D eigenvalue weighted by Gasteiger charge is 2.19. The number of aromatic nitrogens is 1. The molecule has 2 amide bonds. The van der Waals surface area contributed by atoms with Gasteiger partial charge in [0.2, 0.25) is 5.76 Å². The monoisotopic (exact) mass is 369 g/mol. The summed E-state index contributed by atoms with van der Waals surface area (Å²) in [5.74, 6) is 0.246. The van der Waals surface area contributed by atoms with Gasteiger partial charge in [-0.2, -0.15) is 0 Å². The fourth-order valence-corrected chi connectivity index (χ4v) is 2.30. The van der Waals surface area contributed by atoms with Crippen molar-refractivity contribution in [3.63, 3.8) is 0 Å². The van der Waals surface area contributed by atoms with Crippen LogP contribution < -0.4 is 15.6 Å². The van der Waals surface area contributed by atoms with Crippen LogP contribution in [0.2, 0.25) is 0 Å². The summed E-state index contributed by atoms with van der Waals surface area (Å²) in [6.45, 7) is 5.47. The molecule has 2 N–H and O–H groups in total. The lowest BCUT2D eigenvalue weighted by atomic mass is 10.1. The average Bonchev–Trinajstić information content (AvgIpc) is 3.34. The highest BCUT2D eigenvalue weighted by molar-refractivity contribution is 5.94. The SMILES string of the molecule is Cc1cccc(OC(C)C(=O)NNC(=O)c2cc(-c3ccco3)on2)c1C. The lowest BCUT2D eigenvalue weighted by molar-refractivity contribution is -0.128. The predicted molar refractivity (Wildman–Crippen MR) is 95.8 cm³/mol. The number of hydrogen-bond donors (Lipinski definition) is 2. The lowest BCUT2D eigenvalue weighted by Crippen LogP contribution is -2.47. The van der Waals surface area contributed by atoms with E-state index in [4.69, 9.17) is 13.7 Å². The Hall–Kier alpha value is -3.55. The van der Waals surface area contributed by atoms with Gasteiger partial charge in [-0.1, -0.05) is 17.3 Å². The zero-order valence-electron chi connectivity index (χ0n) is 15.1. The van der Waals surface area contributed by atoms with Crippen LogP contribution in [0.15, 0.2) is 51.6 Å². The predicted octanol–water partition coefficient (Wildman–Crippen LogP) is 2.78. The first-order chi connectivity index (χ1) is 13.0. The van der Waals surface area contributed by atoms with Gasteiger partial charge >= 0.3 is 0 Å². The van der Waals surface area contributed by atoms with E-state index < -0.39 is 17.9 Å².